The molecule has 1 saturated carbocycles. The van der Waals surface area contributed by atoms with Crippen molar-refractivity contribution in [3.8, 4) is 0 Å². The Morgan fingerprint density at radius 2 is 1.63 bits per heavy atom. The summed E-state index contributed by atoms with van der Waals surface area (Å²) in [5.74, 6) is 1.09. The topological polar surface area (TPSA) is 97.2 Å². The van der Waals surface area contributed by atoms with Gasteiger partial charge in [-0.25, -0.2) is 14.6 Å². The third kappa shape index (κ3) is 6.44. The third-order valence-corrected chi connectivity index (χ3v) is 9.71. The van der Waals surface area contributed by atoms with Gasteiger partial charge in [-0.15, -0.1) is 0 Å². The average molecular weight is 630 g/mol. The van der Waals surface area contributed by atoms with Crippen molar-refractivity contribution in [2.75, 3.05) is 38.2 Å². The molecule has 0 N–H and O–H groups in total. The van der Waals surface area contributed by atoms with Crippen LogP contribution in [0.15, 0.2) is 42.5 Å². The number of imidazole rings is 1. The van der Waals surface area contributed by atoms with Crippen LogP contribution in [0.25, 0.3) is 11.0 Å². The van der Waals surface area contributed by atoms with Crippen LogP contribution in [0.4, 0.5) is 15.3 Å². The SMILES string of the molecule is COC(=O)N1c2ccc3c(nc(Cc4ccccc4)n3[C@@H]3CCC[C@@H](C(=O)N4CCN(C(=O)OC(C)(C)C)CC4)C3)c2CC[C@@H]1C. The Morgan fingerprint density at radius 3 is 2.33 bits per heavy atom. The molecule has 2 aromatic carbocycles. The zero-order chi connectivity index (χ0) is 32.6. The van der Waals surface area contributed by atoms with Gasteiger partial charge in [0.15, 0.2) is 0 Å². The van der Waals surface area contributed by atoms with Crippen molar-refractivity contribution >= 4 is 34.8 Å². The number of carbonyl (C=O) groups excluding carboxylic acids is 3. The molecule has 2 aliphatic heterocycles. The standard InChI is InChI=1S/C36H47N5O5/c1-24-14-15-28-29(40(24)35(44)45-5)16-17-30-32(28)37-31(22-25-10-7-6-8-11-25)41(30)27-13-9-12-26(23-27)33(42)38-18-20-39(21-19-38)34(43)46-36(2,3)4/h6-8,10-11,16-17,24,26-27H,9,12-15,18-23H2,1-5H3/t24-,26+,27+/m0/s1. The fourth-order valence-electron chi connectivity index (χ4n) is 7.45. The molecule has 3 amide bonds. The van der Waals surface area contributed by atoms with E-state index in [0.717, 1.165) is 66.6 Å². The predicted octanol–water partition coefficient (Wildman–Crippen LogP) is 6.35. The van der Waals surface area contributed by atoms with Crippen molar-refractivity contribution in [1.29, 1.82) is 0 Å². The maximum absolute atomic E-state index is 13.9. The molecule has 3 aromatic rings. The molecular weight excluding hydrogens is 582 g/mol. The highest BCUT2D eigenvalue weighted by molar-refractivity contribution is 5.95. The van der Waals surface area contributed by atoms with E-state index < -0.39 is 5.60 Å². The Kier molecular flexibility index (Phi) is 8.99. The van der Waals surface area contributed by atoms with Crippen molar-refractivity contribution in [3.63, 3.8) is 0 Å². The second kappa shape index (κ2) is 13.0. The van der Waals surface area contributed by atoms with Gasteiger partial charge in [-0.3, -0.25) is 9.69 Å². The van der Waals surface area contributed by atoms with Gasteiger partial charge in [0, 0.05) is 56.2 Å². The first-order chi connectivity index (χ1) is 22.0. The highest BCUT2D eigenvalue weighted by Crippen LogP contribution is 2.41. The minimum atomic E-state index is -0.545. The van der Waals surface area contributed by atoms with E-state index in [1.165, 1.54) is 12.7 Å². The van der Waals surface area contributed by atoms with Crippen molar-refractivity contribution in [3.05, 3.63) is 59.4 Å². The molecule has 246 valence electrons. The molecule has 0 spiro atoms. The Balaban J connectivity index is 1.27. The summed E-state index contributed by atoms with van der Waals surface area (Å²) in [5, 5.41) is 0. The Labute approximate surface area is 271 Å². The van der Waals surface area contributed by atoms with Gasteiger partial charge in [-0.1, -0.05) is 36.8 Å². The fourth-order valence-corrected chi connectivity index (χ4v) is 7.45. The zero-order valence-corrected chi connectivity index (χ0v) is 27.8. The molecule has 2 fully saturated rings. The average Bonchev–Trinajstić information content (AvgIpc) is 3.41. The molecule has 1 aliphatic carbocycles. The number of methoxy groups -OCH3 is 1. The molecule has 1 saturated heterocycles. The summed E-state index contributed by atoms with van der Waals surface area (Å²) < 4.78 is 13.1. The number of hydrogen-bond acceptors (Lipinski definition) is 6. The van der Waals surface area contributed by atoms with Crippen molar-refractivity contribution < 1.29 is 23.9 Å². The molecule has 10 nitrogen and oxygen atoms in total. The summed E-state index contributed by atoms with van der Waals surface area (Å²) in [6.07, 6.45) is 5.24. The third-order valence-electron chi connectivity index (χ3n) is 9.71. The number of hydrogen-bond donors (Lipinski definition) is 0. The molecule has 0 unspecified atom stereocenters. The number of amides is 3. The molecule has 10 heteroatoms. The van der Waals surface area contributed by atoms with E-state index in [-0.39, 0.29) is 36.1 Å². The summed E-state index contributed by atoms with van der Waals surface area (Å²) in [4.78, 5) is 49.9. The summed E-state index contributed by atoms with van der Waals surface area (Å²) in [7, 11) is 1.43. The number of carbonyl (C=O) groups is 3. The second-order valence-corrected chi connectivity index (χ2v) is 14.0. The number of rotatable bonds is 4. The van der Waals surface area contributed by atoms with Crippen LogP contribution in [0.5, 0.6) is 0 Å². The normalized spacial score (nSPS) is 22.0. The van der Waals surface area contributed by atoms with Crippen LogP contribution in [0.3, 0.4) is 0 Å². The van der Waals surface area contributed by atoms with Gasteiger partial charge < -0.3 is 23.8 Å². The largest absolute Gasteiger partial charge is 0.452 e. The first-order valence-electron chi connectivity index (χ1n) is 16.7. The molecule has 3 aliphatic rings. The monoisotopic (exact) mass is 629 g/mol. The first kappa shape index (κ1) is 31.9. The van der Waals surface area contributed by atoms with Crippen LogP contribution >= 0.6 is 0 Å². The molecule has 1 aromatic heterocycles. The van der Waals surface area contributed by atoms with Crippen LogP contribution in [0.1, 0.15) is 82.8 Å². The van der Waals surface area contributed by atoms with Crippen LogP contribution in [-0.2, 0) is 27.1 Å². The summed E-state index contributed by atoms with van der Waals surface area (Å²) in [6, 6.07) is 14.7. The van der Waals surface area contributed by atoms with Crippen molar-refractivity contribution in [2.24, 2.45) is 5.92 Å². The molecule has 0 bridgehead atoms. The zero-order valence-electron chi connectivity index (χ0n) is 27.8. The highest BCUT2D eigenvalue weighted by atomic mass is 16.6. The van der Waals surface area contributed by atoms with Gasteiger partial charge in [-0.2, -0.15) is 0 Å². The lowest BCUT2D eigenvalue weighted by atomic mass is 9.84. The van der Waals surface area contributed by atoms with Gasteiger partial charge in [-0.05, 0) is 77.5 Å². The molecule has 46 heavy (non-hydrogen) atoms. The minimum absolute atomic E-state index is 0.0411. The maximum Gasteiger partial charge on any atom is 0.414 e. The van der Waals surface area contributed by atoms with E-state index in [0.29, 0.717) is 32.6 Å². The quantitative estimate of drug-likeness (QED) is 0.334. The van der Waals surface area contributed by atoms with E-state index in [1.807, 2.05) is 37.8 Å². The summed E-state index contributed by atoms with van der Waals surface area (Å²) >= 11 is 0. The van der Waals surface area contributed by atoms with Crippen LogP contribution in [0.2, 0.25) is 0 Å². The van der Waals surface area contributed by atoms with E-state index in [1.54, 1.807) is 9.80 Å². The number of anilines is 1. The van der Waals surface area contributed by atoms with Gasteiger partial charge in [0.1, 0.15) is 11.4 Å². The molecule has 6 rings (SSSR count). The summed E-state index contributed by atoms with van der Waals surface area (Å²) in [5.41, 5.74) is 4.60. The lowest BCUT2D eigenvalue weighted by Crippen LogP contribution is -2.53. The van der Waals surface area contributed by atoms with E-state index in [4.69, 9.17) is 14.5 Å². The van der Waals surface area contributed by atoms with Crippen LogP contribution < -0.4 is 4.90 Å². The second-order valence-electron chi connectivity index (χ2n) is 14.0. The maximum atomic E-state index is 13.9. The van der Waals surface area contributed by atoms with Gasteiger partial charge >= 0.3 is 12.2 Å². The number of fused-ring (bicyclic) bond motifs is 3. The van der Waals surface area contributed by atoms with E-state index >= 15 is 0 Å². The fraction of sp³-hybridized carbons (Fsp3) is 0.556. The van der Waals surface area contributed by atoms with E-state index in [2.05, 4.69) is 41.8 Å². The molecular formula is C36H47N5O5. The van der Waals surface area contributed by atoms with Crippen molar-refractivity contribution in [2.45, 2.75) is 90.3 Å². The number of aryl methyl sites for hydroxylation is 1. The Bertz CT molecular complexity index is 1590. The summed E-state index contributed by atoms with van der Waals surface area (Å²) in [6.45, 7) is 9.66. The van der Waals surface area contributed by atoms with Crippen molar-refractivity contribution in [1.82, 2.24) is 19.4 Å². The lowest BCUT2D eigenvalue weighted by molar-refractivity contribution is -0.138. The van der Waals surface area contributed by atoms with Gasteiger partial charge in [0.2, 0.25) is 5.91 Å². The number of nitrogens with zero attached hydrogens (tertiary/aromatic N) is 5. The molecule has 3 heterocycles. The predicted molar refractivity (Wildman–Crippen MR) is 177 cm³/mol. The van der Waals surface area contributed by atoms with Crippen LogP contribution in [0, 0.1) is 5.92 Å². The minimum Gasteiger partial charge on any atom is -0.452 e. The van der Waals surface area contributed by atoms with Gasteiger partial charge in [0.05, 0.1) is 23.8 Å². The first-order valence-corrected chi connectivity index (χ1v) is 16.7. The number of ether oxygens (including phenoxy) is 2. The number of aromatic nitrogens is 2. The smallest absolute Gasteiger partial charge is 0.414 e. The van der Waals surface area contributed by atoms with Crippen LogP contribution in [-0.4, -0.2) is 82.4 Å². The molecule has 0 radical (unpaired) electrons. The van der Waals surface area contributed by atoms with E-state index in [9.17, 15) is 14.4 Å². The lowest BCUT2D eigenvalue weighted by Gasteiger charge is -2.39. The highest BCUT2D eigenvalue weighted by Gasteiger charge is 2.36. The number of piperazine rings is 1. The Morgan fingerprint density at radius 1 is 0.913 bits per heavy atom. The number of benzene rings is 2. The van der Waals surface area contributed by atoms with Gasteiger partial charge in [0.25, 0.3) is 0 Å². The Hall–Kier alpha value is -4.08. The molecule has 3 atom stereocenters.